The predicted octanol–water partition coefficient (Wildman–Crippen LogP) is 1.51. The number of furan rings is 1. The number of nitrogen functional groups attached to an aromatic ring is 1. The molecule has 6 heteroatoms. The number of nitrogens with one attached hydrogen (secondary N) is 1. The molecule has 3 heterocycles. The van der Waals surface area contributed by atoms with Gasteiger partial charge in [-0.2, -0.15) is 4.98 Å². The summed E-state index contributed by atoms with van der Waals surface area (Å²) in [5.41, 5.74) is 8.46. The zero-order chi connectivity index (χ0) is 14.5. The number of nitrogens with two attached hydrogens (primary N) is 1. The van der Waals surface area contributed by atoms with Gasteiger partial charge in [-0.3, -0.25) is 0 Å². The van der Waals surface area contributed by atoms with Crippen LogP contribution in [0.5, 0.6) is 0 Å². The van der Waals surface area contributed by atoms with Gasteiger partial charge in [-0.05, 0) is 12.5 Å². The molecule has 2 aromatic rings. The number of hydrogen-bond donors (Lipinski definition) is 2. The van der Waals surface area contributed by atoms with Gasteiger partial charge in [0.1, 0.15) is 5.52 Å². The molecule has 0 radical (unpaired) electrons. The molecule has 2 aromatic heterocycles. The lowest BCUT2D eigenvalue weighted by molar-refractivity contribution is 0.445. The fraction of sp³-hybridized carbons (Fsp3) is 0.571. The van der Waals surface area contributed by atoms with Crippen molar-refractivity contribution in [3.63, 3.8) is 0 Å². The average Bonchev–Trinajstić information content (AvgIpc) is 2.70. The summed E-state index contributed by atoms with van der Waals surface area (Å²) in [5, 5.41) is 3.25. The Morgan fingerprint density at radius 2 is 2.05 bits per heavy atom. The SMILES string of the molecule is CNC1CN(c2nc(N)nc3c(C(C)(C)C)coc23)C1. The van der Waals surface area contributed by atoms with Crippen molar-refractivity contribution in [2.75, 3.05) is 30.8 Å². The molecule has 1 aliphatic rings. The van der Waals surface area contributed by atoms with Crippen LogP contribution < -0.4 is 16.0 Å². The van der Waals surface area contributed by atoms with Gasteiger partial charge in [-0.1, -0.05) is 20.8 Å². The molecule has 0 bridgehead atoms. The molecule has 0 aliphatic carbocycles. The number of rotatable bonds is 2. The van der Waals surface area contributed by atoms with E-state index < -0.39 is 0 Å². The summed E-state index contributed by atoms with van der Waals surface area (Å²) in [7, 11) is 1.97. The number of hydrogen-bond acceptors (Lipinski definition) is 6. The Morgan fingerprint density at radius 3 is 2.65 bits per heavy atom. The van der Waals surface area contributed by atoms with E-state index in [0.29, 0.717) is 12.0 Å². The van der Waals surface area contributed by atoms with Gasteiger partial charge in [0.05, 0.1) is 6.26 Å². The molecule has 3 N–H and O–H groups in total. The first-order chi connectivity index (χ1) is 9.40. The van der Waals surface area contributed by atoms with Crippen molar-refractivity contribution >= 4 is 22.9 Å². The van der Waals surface area contributed by atoms with Crippen molar-refractivity contribution in [1.82, 2.24) is 15.3 Å². The summed E-state index contributed by atoms with van der Waals surface area (Å²) in [4.78, 5) is 10.9. The molecule has 0 amide bonds. The Morgan fingerprint density at radius 1 is 1.35 bits per heavy atom. The number of likely N-dealkylation sites (N-methyl/N-ethyl adjacent to an activating group) is 1. The quantitative estimate of drug-likeness (QED) is 0.864. The Balaban J connectivity index is 2.08. The van der Waals surface area contributed by atoms with E-state index in [2.05, 4.69) is 41.0 Å². The van der Waals surface area contributed by atoms with Crippen LogP contribution in [0.4, 0.5) is 11.8 Å². The molecule has 0 spiro atoms. The van der Waals surface area contributed by atoms with Crippen molar-refractivity contribution in [1.29, 1.82) is 0 Å². The first kappa shape index (κ1) is 13.2. The molecule has 0 aromatic carbocycles. The third-order valence-electron chi connectivity index (χ3n) is 3.81. The van der Waals surface area contributed by atoms with Crippen LogP contribution in [0.3, 0.4) is 0 Å². The van der Waals surface area contributed by atoms with Crippen LogP contribution in [0, 0.1) is 0 Å². The zero-order valence-corrected chi connectivity index (χ0v) is 12.4. The average molecular weight is 275 g/mol. The van der Waals surface area contributed by atoms with Crippen LogP contribution in [0.25, 0.3) is 11.1 Å². The first-order valence-electron chi connectivity index (χ1n) is 6.87. The fourth-order valence-corrected chi connectivity index (χ4v) is 2.50. The Bertz CT molecular complexity index is 637. The second-order valence-electron chi connectivity index (χ2n) is 6.37. The van der Waals surface area contributed by atoms with Crippen LogP contribution >= 0.6 is 0 Å². The summed E-state index contributed by atoms with van der Waals surface area (Å²) in [6.07, 6.45) is 1.78. The van der Waals surface area contributed by atoms with Gasteiger partial charge >= 0.3 is 0 Å². The van der Waals surface area contributed by atoms with Crippen LogP contribution in [-0.2, 0) is 5.41 Å². The van der Waals surface area contributed by atoms with Crippen molar-refractivity contribution in [3.05, 3.63) is 11.8 Å². The van der Waals surface area contributed by atoms with Gasteiger partial charge in [0, 0.05) is 24.7 Å². The van der Waals surface area contributed by atoms with Crippen LogP contribution in [0.2, 0.25) is 0 Å². The smallest absolute Gasteiger partial charge is 0.222 e. The second-order valence-corrected chi connectivity index (χ2v) is 6.37. The van der Waals surface area contributed by atoms with Crippen molar-refractivity contribution < 1.29 is 4.42 Å². The van der Waals surface area contributed by atoms with E-state index in [-0.39, 0.29) is 5.41 Å². The minimum absolute atomic E-state index is 0.0359. The zero-order valence-electron chi connectivity index (χ0n) is 12.4. The van der Waals surface area contributed by atoms with E-state index in [1.54, 1.807) is 6.26 Å². The number of anilines is 2. The van der Waals surface area contributed by atoms with Crippen LogP contribution in [-0.4, -0.2) is 36.1 Å². The molecule has 3 rings (SSSR count). The van der Waals surface area contributed by atoms with Gasteiger partial charge in [0.25, 0.3) is 0 Å². The maximum Gasteiger partial charge on any atom is 0.222 e. The predicted molar refractivity (Wildman–Crippen MR) is 80.0 cm³/mol. The lowest BCUT2D eigenvalue weighted by Gasteiger charge is -2.39. The first-order valence-corrected chi connectivity index (χ1v) is 6.87. The Labute approximate surface area is 118 Å². The third kappa shape index (κ3) is 2.00. The number of nitrogens with zero attached hydrogens (tertiary/aromatic N) is 3. The lowest BCUT2D eigenvalue weighted by Crippen LogP contribution is -2.57. The molecule has 6 nitrogen and oxygen atoms in total. The number of fused-ring (bicyclic) bond motifs is 1. The van der Waals surface area contributed by atoms with Crippen molar-refractivity contribution in [2.24, 2.45) is 0 Å². The van der Waals surface area contributed by atoms with Gasteiger partial charge in [-0.15, -0.1) is 0 Å². The van der Waals surface area contributed by atoms with E-state index in [9.17, 15) is 0 Å². The van der Waals surface area contributed by atoms with E-state index in [1.807, 2.05) is 7.05 Å². The van der Waals surface area contributed by atoms with Crippen LogP contribution in [0.15, 0.2) is 10.7 Å². The molecule has 1 fully saturated rings. The molecule has 1 saturated heterocycles. The van der Waals surface area contributed by atoms with Gasteiger partial charge in [0.15, 0.2) is 11.4 Å². The summed E-state index contributed by atoms with van der Waals surface area (Å²) in [6, 6.07) is 0.498. The van der Waals surface area contributed by atoms with Gasteiger partial charge in [-0.25, -0.2) is 4.98 Å². The fourth-order valence-electron chi connectivity index (χ4n) is 2.50. The maximum atomic E-state index is 5.87. The molecular formula is C14H21N5O. The van der Waals surface area contributed by atoms with Gasteiger partial charge in [0.2, 0.25) is 5.95 Å². The summed E-state index contributed by atoms with van der Waals surface area (Å²) in [6.45, 7) is 8.23. The van der Waals surface area contributed by atoms with Gasteiger partial charge < -0.3 is 20.4 Å². The standard InChI is InChI=1S/C14H21N5O/c1-14(2,3)9-7-20-11-10(9)17-13(15)18-12(11)19-5-8(6-19)16-4/h7-8,16H,5-6H2,1-4H3,(H2,15,17,18). The highest BCUT2D eigenvalue weighted by Gasteiger charge is 2.31. The molecule has 0 atom stereocenters. The highest BCUT2D eigenvalue weighted by molar-refractivity contribution is 5.88. The van der Waals surface area contributed by atoms with E-state index >= 15 is 0 Å². The van der Waals surface area contributed by atoms with Crippen LogP contribution in [0.1, 0.15) is 26.3 Å². The second kappa shape index (κ2) is 4.34. The lowest BCUT2D eigenvalue weighted by atomic mass is 9.88. The van der Waals surface area contributed by atoms with E-state index in [0.717, 1.165) is 35.6 Å². The highest BCUT2D eigenvalue weighted by Crippen LogP contribution is 2.35. The maximum absolute atomic E-state index is 5.87. The highest BCUT2D eigenvalue weighted by atomic mass is 16.3. The monoisotopic (exact) mass is 275 g/mol. The van der Waals surface area contributed by atoms with Crippen molar-refractivity contribution in [2.45, 2.75) is 32.2 Å². The largest absolute Gasteiger partial charge is 0.458 e. The number of aromatic nitrogens is 2. The molecule has 0 saturated carbocycles. The molecule has 20 heavy (non-hydrogen) atoms. The summed E-state index contributed by atoms with van der Waals surface area (Å²) in [5.74, 6) is 1.10. The van der Waals surface area contributed by atoms with E-state index in [4.69, 9.17) is 10.2 Å². The molecular weight excluding hydrogens is 254 g/mol. The van der Waals surface area contributed by atoms with Crippen molar-refractivity contribution in [3.8, 4) is 0 Å². The minimum Gasteiger partial charge on any atom is -0.458 e. The molecule has 0 unspecified atom stereocenters. The summed E-state index contributed by atoms with van der Waals surface area (Å²) >= 11 is 0. The Kier molecular flexibility index (Phi) is 2.86. The van der Waals surface area contributed by atoms with E-state index in [1.165, 1.54) is 0 Å². The summed E-state index contributed by atoms with van der Waals surface area (Å²) < 4.78 is 5.74. The molecule has 108 valence electrons. The molecule has 1 aliphatic heterocycles. The normalized spacial score (nSPS) is 16.7. The minimum atomic E-state index is -0.0359. The Hall–Kier alpha value is -1.82. The third-order valence-corrected chi connectivity index (χ3v) is 3.81. The topological polar surface area (TPSA) is 80.2 Å².